The van der Waals surface area contributed by atoms with Crippen molar-refractivity contribution in [1.29, 1.82) is 0 Å². The third-order valence-electron chi connectivity index (χ3n) is 1.29. The van der Waals surface area contributed by atoms with E-state index in [-0.39, 0.29) is 14.4 Å². The first-order valence-corrected chi connectivity index (χ1v) is 4.46. The molecule has 0 saturated carbocycles. The molecule has 0 radical (unpaired) electrons. The third kappa shape index (κ3) is 2.16. The van der Waals surface area contributed by atoms with Crippen LogP contribution in [0.4, 0.5) is 19.0 Å². The Bertz CT molecular complexity index is 339. The van der Waals surface area contributed by atoms with Crippen molar-refractivity contribution in [3.05, 3.63) is 20.4 Å². The highest BCUT2D eigenvalue weighted by molar-refractivity contribution is 14.1. The van der Waals surface area contributed by atoms with E-state index in [0.717, 1.165) is 0 Å². The Morgan fingerprint density at radius 2 is 2.00 bits per heavy atom. The van der Waals surface area contributed by atoms with E-state index in [1.54, 1.807) is 0 Å². The lowest BCUT2D eigenvalue weighted by Gasteiger charge is -2.10. The minimum atomic E-state index is -4.44. The predicted molar refractivity (Wildman–Crippen MR) is 51.4 cm³/mol. The molecule has 0 bridgehead atoms. The molecular weight excluding hydrogens is 319 g/mol. The molecule has 0 spiro atoms. The highest BCUT2D eigenvalue weighted by atomic mass is 127. The Morgan fingerprint density at radius 3 is 2.46 bits per heavy atom. The summed E-state index contributed by atoms with van der Waals surface area (Å²) in [7, 11) is 0. The van der Waals surface area contributed by atoms with Gasteiger partial charge in [-0.2, -0.15) is 13.2 Å². The molecule has 0 unspecified atom stereocenters. The molecule has 0 aromatic carbocycles. The fraction of sp³-hybridized carbons (Fsp3) is 0.167. The molecule has 0 fully saturated rings. The Labute approximate surface area is 90.4 Å². The molecule has 2 nitrogen and oxygen atoms in total. The van der Waals surface area contributed by atoms with E-state index >= 15 is 0 Å². The molecule has 7 heteroatoms. The number of hydrogen-bond donors (Lipinski definition) is 1. The Balaban J connectivity index is 3.35. The zero-order valence-electron chi connectivity index (χ0n) is 5.99. The summed E-state index contributed by atoms with van der Waals surface area (Å²) in [6.45, 7) is 0. The second kappa shape index (κ2) is 3.49. The van der Waals surface area contributed by atoms with Gasteiger partial charge in [0.25, 0.3) is 0 Å². The minimum Gasteiger partial charge on any atom is -0.382 e. The van der Waals surface area contributed by atoms with Gasteiger partial charge in [0.15, 0.2) is 0 Å². The molecule has 1 aromatic rings. The van der Waals surface area contributed by atoms with Gasteiger partial charge in [0.1, 0.15) is 5.82 Å². The van der Waals surface area contributed by atoms with Crippen LogP contribution in [-0.4, -0.2) is 4.98 Å². The predicted octanol–water partition coefficient (Wildman–Crippen LogP) is 2.94. The number of aromatic nitrogens is 1. The average Bonchev–Trinajstić information content (AvgIpc) is 1.98. The summed E-state index contributed by atoms with van der Waals surface area (Å²) >= 11 is 6.98. The van der Waals surface area contributed by atoms with Crippen LogP contribution < -0.4 is 5.73 Å². The van der Waals surface area contributed by atoms with Crippen molar-refractivity contribution in [2.45, 2.75) is 6.18 Å². The van der Waals surface area contributed by atoms with E-state index in [2.05, 4.69) is 4.98 Å². The zero-order valence-corrected chi connectivity index (χ0v) is 8.91. The highest BCUT2D eigenvalue weighted by Crippen LogP contribution is 2.36. The van der Waals surface area contributed by atoms with Gasteiger partial charge >= 0.3 is 6.18 Å². The van der Waals surface area contributed by atoms with E-state index in [1.807, 2.05) is 0 Å². The highest BCUT2D eigenvalue weighted by Gasteiger charge is 2.34. The summed E-state index contributed by atoms with van der Waals surface area (Å²) in [6, 6.07) is 0. The van der Waals surface area contributed by atoms with Gasteiger partial charge in [-0.3, -0.25) is 0 Å². The fourth-order valence-corrected chi connectivity index (χ4v) is 1.55. The van der Waals surface area contributed by atoms with Gasteiger partial charge in [0.05, 0.1) is 10.6 Å². The average molecular weight is 322 g/mol. The summed E-state index contributed by atoms with van der Waals surface area (Å²) in [5.74, 6) is -0.0981. The van der Waals surface area contributed by atoms with Gasteiger partial charge < -0.3 is 5.73 Å². The van der Waals surface area contributed by atoms with Crippen LogP contribution in [0.15, 0.2) is 6.20 Å². The molecule has 0 saturated heterocycles. The van der Waals surface area contributed by atoms with Crippen LogP contribution in [0, 0.1) is 3.57 Å². The van der Waals surface area contributed by atoms with Crippen LogP contribution in [0.25, 0.3) is 0 Å². The molecule has 0 amide bonds. The second-order valence-corrected chi connectivity index (χ2v) is 3.64. The maximum atomic E-state index is 12.2. The van der Waals surface area contributed by atoms with Gasteiger partial charge in [0.2, 0.25) is 0 Å². The minimum absolute atomic E-state index is 0.0981. The summed E-state index contributed by atoms with van der Waals surface area (Å²) in [6.07, 6.45) is -3.77. The maximum Gasteiger partial charge on any atom is 0.418 e. The Kier molecular flexibility index (Phi) is 2.91. The number of alkyl halides is 3. The van der Waals surface area contributed by atoms with Gasteiger partial charge in [-0.15, -0.1) is 0 Å². The molecule has 0 aliphatic carbocycles. The van der Waals surface area contributed by atoms with E-state index < -0.39 is 11.7 Å². The molecule has 0 aliphatic heterocycles. The monoisotopic (exact) mass is 322 g/mol. The molecule has 72 valence electrons. The normalized spacial score (nSPS) is 11.8. The number of nitrogens with two attached hydrogens (primary N) is 1. The van der Waals surface area contributed by atoms with Crippen molar-refractivity contribution in [2.24, 2.45) is 0 Å². The van der Waals surface area contributed by atoms with Crippen LogP contribution >= 0.6 is 34.2 Å². The topological polar surface area (TPSA) is 38.9 Å². The third-order valence-corrected chi connectivity index (χ3v) is 3.11. The Morgan fingerprint density at radius 1 is 1.46 bits per heavy atom. The van der Waals surface area contributed by atoms with Crippen molar-refractivity contribution in [2.75, 3.05) is 5.73 Å². The van der Waals surface area contributed by atoms with Crippen LogP contribution in [0.2, 0.25) is 5.02 Å². The summed E-state index contributed by atoms with van der Waals surface area (Å²) in [4.78, 5) is 3.33. The number of halogens is 5. The van der Waals surface area contributed by atoms with Crippen LogP contribution in [-0.2, 0) is 6.18 Å². The Hall–Kier alpha value is -0.240. The first-order valence-electron chi connectivity index (χ1n) is 3.00. The first kappa shape index (κ1) is 10.8. The maximum absolute atomic E-state index is 12.2. The van der Waals surface area contributed by atoms with E-state index in [4.69, 9.17) is 17.3 Å². The lowest BCUT2D eigenvalue weighted by molar-refractivity contribution is -0.138. The molecular formula is C6H3ClF3IN2. The summed E-state index contributed by atoms with van der Waals surface area (Å²) < 4.78 is 36.5. The molecule has 13 heavy (non-hydrogen) atoms. The van der Waals surface area contributed by atoms with E-state index in [0.29, 0.717) is 6.20 Å². The molecule has 2 N–H and O–H groups in total. The van der Waals surface area contributed by atoms with E-state index in [1.165, 1.54) is 22.6 Å². The van der Waals surface area contributed by atoms with Crippen LogP contribution in [0.3, 0.4) is 0 Å². The number of nitrogens with zero attached hydrogens (tertiary/aromatic N) is 1. The summed E-state index contributed by atoms with van der Waals surface area (Å²) in [5, 5.41) is -0.157. The van der Waals surface area contributed by atoms with E-state index in [9.17, 15) is 13.2 Å². The van der Waals surface area contributed by atoms with Gasteiger partial charge in [-0.25, -0.2) is 4.98 Å². The number of rotatable bonds is 0. The van der Waals surface area contributed by atoms with Gasteiger partial charge in [-0.05, 0) is 22.6 Å². The largest absolute Gasteiger partial charge is 0.418 e. The number of nitrogen functional groups attached to an aromatic ring is 1. The first-order chi connectivity index (χ1) is 5.84. The number of hydrogen-bond acceptors (Lipinski definition) is 2. The van der Waals surface area contributed by atoms with Crippen LogP contribution in [0.1, 0.15) is 5.56 Å². The van der Waals surface area contributed by atoms with Crippen molar-refractivity contribution < 1.29 is 13.2 Å². The van der Waals surface area contributed by atoms with Crippen molar-refractivity contribution in [3.8, 4) is 0 Å². The summed E-state index contributed by atoms with van der Waals surface area (Å²) in [5.41, 5.74) is 4.35. The molecule has 1 rings (SSSR count). The number of pyridine rings is 1. The molecule has 1 heterocycles. The van der Waals surface area contributed by atoms with Crippen molar-refractivity contribution in [3.63, 3.8) is 0 Å². The quantitative estimate of drug-likeness (QED) is 0.746. The van der Waals surface area contributed by atoms with Crippen LogP contribution in [0.5, 0.6) is 0 Å². The molecule has 1 aromatic heterocycles. The lowest BCUT2D eigenvalue weighted by atomic mass is 10.3. The number of anilines is 1. The molecule has 0 atom stereocenters. The van der Waals surface area contributed by atoms with Gasteiger partial charge in [-0.1, -0.05) is 11.6 Å². The van der Waals surface area contributed by atoms with Gasteiger partial charge in [0, 0.05) is 9.77 Å². The fourth-order valence-electron chi connectivity index (χ4n) is 0.676. The second-order valence-electron chi connectivity index (χ2n) is 2.18. The van der Waals surface area contributed by atoms with Crippen molar-refractivity contribution >= 4 is 40.0 Å². The smallest absolute Gasteiger partial charge is 0.382 e. The standard InChI is InChI=1S/C6H3ClF3IN2/c7-3-4(11)2(6(8,9)10)1-13-5(3)12/h1H,(H2,12,13). The SMILES string of the molecule is Nc1ncc(C(F)(F)F)c(I)c1Cl. The molecule has 0 aliphatic rings. The zero-order chi connectivity index (χ0) is 10.2. The lowest BCUT2D eigenvalue weighted by Crippen LogP contribution is -2.09. The van der Waals surface area contributed by atoms with Crippen molar-refractivity contribution in [1.82, 2.24) is 4.98 Å².